The lowest BCUT2D eigenvalue weighted by atomic mass is 9.96. The Hall–Kier alpha value is -2.05. The average Bonchev–Trinajstić information content (AvgIpc) is 2.56. The summed E-state index contributed by atoms with van der Waals surface area (Å²) in [5.74, 6) is 0.380. The summed E-state index contributed by atoms with van der Waals surface area (Å²) in [7, 11) is 0. The van der Waals surface area contributed by atoms with Crippen LogP contribution in [0.4, 0.5) is 4.79 Å². The first-order valence-corrected chi connectivity index (χ1v) is 9.40. The van der Waals surface area contributed by atoms with Crippen LogP contribution in [0, 0.1) is 5.92 Å². The van der Waals surface area contributed by atoms with Gasteiger partial charge in [-0.1, -0.05) is 13.0 Å². The lowest BCUT2D eigenvalue weighted by Gasteiger charge is -2.32. The van der Waals surface area contributed by atoms with Crippen molar-refractivity contribution in [1.29, 1.82) is 0 Å². The Morgan fingerprint density at radius 2 is 1.81 bits per heavy atom. The minimum atomic E-state index is -0.544. The van der Waals surface area contributed by atoms with Gasteiger partial charge < -0.3 is 20.3 Å². The lowest BCUT2D eigenvalue weighted by Crippen LogP contribution is -2.42. The molecule has 0 atom stereocenters. The summed E-state index contributed by atoms with van der Waals surface area (Å²) in [5.41, 5.74) is -0.544. The molecule has 7 nitrogen and oxygen atoms in total. The van der Waals surface area contributed by atoms with Crippen LogP contribution in [0.2, 0.25) is 0 Å². The number of carbonyl (C=O) groups is 3. The van der Waals surface area contributed by atoms with Gasteiger partial charge in [-0.15, -0.1) is 0 Å². The number of carbonyl (C=O) groups excluding carboxylic acids is 3. The number of likely N-dealkylation sites (tertiary alicyclic amines) is 1. The van der Waals surface area contributed by atoms with Gasteiger partial charge in [0.25, 0.3) is 0 Å². The highest BCUT2D eigenvalue weighted by Crippen LogP contribution is 2.17. The zero-order chi connectivity index (χ0) is 19.6. The molecule has 0 aromatic rings. The van der Waals surface area contributed by atoms with Crippen LogP contribution in [0.1, 0.15) is 53.4 Å². The molecule has 0 unspecified atom stereocenters. The number of hydrogen-bond donors (Lipinski definition) is 2. The monoisotopic (exact) mass is 367 g/mol. The number of hydrogen-bond acceptors (Lipinski definition) is 4. The van der Waals surface area contributed by atoms with E-state index in [-0.39, 0.29) is 24.8 Å². The van der Waals surface area contributed by atoms with E-state index in [4.69, 9.17) is 4.74 Å². The molecule has 0 aliphatic carbocycles. The molecule has 1 heterocycles. The van der Waals surface area contributed by atoms with Crippen molar-refractivity contribution in [3.8, 4) is 0 Å². The van der Waals surface area contributed by atoms with Gasteiger partial charge >= 0.3 is 6.09 Å². The Morgan fingerprint density at radius 1 is 1.15 bits per heavy atom. The molecule has 0 spiro atoms. The number of alkyl carbamates (subject to hydrolysis) is 1. The molecule has 0 saturated carbocycles. The van der Waals surface area contributed by atoms with Crippen LogP contribution in [-0.4, -0.2) is 54.6 Å². The Morgan fingerprint density at radius 3 is 2.38 bits per heavy atom. The molecule has 0 aromatic carbocycles. The second-order valence-electron chi connectivity index (χ2n) is 7.56. The fraction of sp³-hybridized carbons (Fsp3) is 0.737. The van der Waals surface area contributed by atoms with Gasteiger partial charge in [0, 0.05) is 32.6 Å². The molecule has 1 saturated heterocycles. The van der Waals surface area contributed by atoms with Crippen LogP contribution in [0.25, 0.3) is 0 Å². The van der Waals surface area contributed by atoms with Crippen molar-refractivity contribution in [2.24, 2.45) is 5.92 Å². The SMILES string of the molecule is CC/C=C/C(=O)NCC1CCN(C(=O)CCNC(=O)OC(C)(C)C)CC1. The molecule has 1 aliphatic heterocycles. The van der Waals surface area contributed by atoms with Crippen LogP contribution in [0.3, 0.4) is 0 Å². The van der Waals surface area contributed by atoms with Crippen LogP contribution < -0.4 is 10.6 Å². The Kier molecular flexibility index (Phi) is 9.16. The fourth-order valence-electron chi connectivity index (χ4n) is 2.66. The largest absolute Gasteiger partial charge is 0.444 e. The van der Waals surface area contributed by atoms with Gasteiger partial charge in [0.2, 0.25) is 11.8 Å². The van der Waals surface area contributed by atoms with Crippen LogP contribution in [0.15, 0.2) is 12.2 Å². The summed E-state index contributed by atoms with van der Waals surface area (Å²) in [6.07, 6.45) is 5.76. The number of piperidine rings is 1. The molecular weight excluding hydrogens is 334 g/mol. The van der Waals surface area contributed by atoms with Crippen molar-refractivity contribution < 1.29 is 19.1 Å². The van der Waals surface area contributed by atoms with Gasteiger partial charge in [-0.3, -0.25) is 9.59 Å². The third-order valence-corrected chi connectivity index (χ3v) is 4.04. The number of allylic oxidation sites excluding steroid dienone is 1. The van der Waals surface area contributed by atoms with E-state index in [0.29, 0.717) is 25.6 Å². The second kappa shape index (κ2) is 10.8. The van der Waals surface area contributed by atoms with Crippen molar-refractivity contribution in [1.82, 2.24) is 15.5 Å². The number of nitrogens with one attached hydrogen (secondary N) is 2. The van der Waals surface area contributed by atoms with Gasteiger partial charge in [-0.25, -0.2) is 4.79 Å². The number of ether oxygens (including phenoxy) is 1. The van der Waals surface area contributed by atoms with Crippen molar-refractivity contribution in [3.05, 3.63) is 12.2 Å². The number of amides is 3. The van der Waals surface area contributed by atoms with Crippen molar-refractivity contribution in [3.63, 3.8) is 0 Å². The smallest absolute Gasteiger partial charge is 0.407 e. The van der Waals surface area contributed by atoms with E-state index in [1.54, 1.807) is 26.8 Å². The molecule has 1 fully saturated rings. The van der Waals surface area contributed by atoms with Gasteiger partial charge in [0.05, 0.1) is 0 Å². The van der Waals surface area contributed by atoms with Crippen LogP contribution >= 0.6 is 0 Å². The van der Waals surface area contributed by atoms with E-state index in [1.165, 1.54) is 0 Å². The maximum atomic E-state index is 12.2. The second-order valence-corrected chi connectivity index (χ2v) is 7.56. The maximum absolute atomic E-state index is 12.2. The summed E-state index contributed by atoms with van der Waals surface area (Å²) in [5, 5.41) is 5.51. The molecule has 7 heteroatoms. The molecule has 1 aliphatic rings. The lowest BCUT2D eigenvalue weighted by molar-refractivity contribution is -0.132. The molecule has 0 bridgehead atoms. The topological polar surface area (TPSA) is 87.7 Å². The minimum absolute atomic E-state index is 0.0365. The van der Waals surface area contributed by atoms with Gasteiger partial charge in [-0.2, -0.15) is 0 Å². The van der Waals surface area contributed by atoms with E-state index in [2.05, 4.69) is 10.6 Å². The van der Waals surface area contributed by atoms with E-state index < -0.39 is 11.7 Å². The quantitative estimate of drug-likeness (QED) is 0.676. The number of nitrogens with zero attached hydrogens (tertiary/aromatic N) is 1. The molecule has 3 amide bonds. The third kappa shape index (κ3) is 9.44. The number of rotatable bonds is 7. The van der Waals surface area contributed by atoms with E-state index in [9.17, 15) is 14.4 Å². The molecule has 148 valence electrons. The van der Waals surface area contributed by atoms with Gasteiger partial charge in [0.15, 0.2) is 0 Å². The molecule has 1 rings (SSSR count). The molecule has 0 aromatic heterocycles. The fourth-order valence-corrected chi connectivity index (χ4v) is 2.66. The zero-order valence-corrected chi connectivity index (χ0v) is 16.5. The van der Waals surface area contributed by atoms with Gasteiger partial charge in [0.1, 0.15) is 5.60 Å². The normalized spacial score (nSPS) is 15.8. The Labute approximate surface area is 156 Å². The molecular formula is C19H33N3O4. The van der Waals surface area contributed by atoms with Crippen molar-refractivity contribution in [2.45, 2.75) is 59.0 Å². The summed E-state index contributed by atoms with van der Waals surface area (Å²) < 4.78 is 5.14. The zero-order valence-electron chi connectivity index (χ0n) is 16.5. The third-order valence-electron chi connectivity index (χ3n) is 4.04. The first kappa shape index (κ1) is 22.0. The first-order chi connectivity index (χ1) is 12.2. The average molecular weight is 367 g/mol. The predicted molar refractivity (Wildman–Crippen MR) is 101 cm³/mol. The van der Waals surface area contributed by atoms with Crippen molar-refractivity contribution in [2.75, 3.05) is 26.2 Å². The first-order valence-electron chi connectivity index (χ1n) is 9.40. The Bertz CT molecular complexity index is 503. The van der Waals surface area contributed by atoms with E-state index in [0.717, 1.165) is 19.3 Å². The summed E-state index contributed by atoms with van der Waals surface area (Å²) in [4.78, 5) is 37.2. The predicted octanol–water partition coefficient (Wildman–Crippen LogP) is 2.22. The summed E-state index contributed by atoms with van der Waals surface area (Å²) in [6.45, 7) is 9.68. The molecule has 26 heavy (non-hydrogen) atoms. The van der Waals surface area contributed by atoms with Crippen molar-refractivity contribution >= 4 is 17.9 Å². The summed E-state index contributed by atoms with van der Waals surface area (Å²) >= 11 is 0. The van der Waals surface area contributed by atoms with Crippen LogP contribution in [-0.2, 0) is 14.3 Å². The van der Waals surface area contributed by atoms with E-state index in [1.807, 2.05) is 17.9 Å². The maximum Gasteiger partial charge on any atom is 0.407 e. The summed E-state index contributed by atoms with van der Waals surface area (Å²) in [6, 6.07) is 0. The van der Waals surface area contributed by atoms with E-state index >= 15 is 0 Å². The minimum Gasteiger partial charge on any atom is -0.444 e. The van der Waals surface area contributed by atoms with Crippen LogP contribution in [0.5, 0.6) is 0 Å². The highest BCUT2D eigenvalue weighted by molar-refractivity contribution is 5.87. The highest BCUT2D eigenvalue weighted by atomic mass is 16.6. The molecule has 2 N–H and O–H groups in total. The standard InChI is InChI=1S/C19H33N3O4/c1-5-6-7-16(23)21-14-15-9-12-22(13-10-15)17(24)8-11-20-18(25)26-19(2,3)4/h6-7,15H,5,8-14H2,1-4H3,(H,20,25)(H,21,23)/b7-6+. The molecule has 0 radical (unpaired) electrons. The van der Waals surface area contributed by atoms with Gasteiger partial charge in [-0.05, 0) is 52.0 Å². The Balaban J connectivity index is 2.20. The highest BCUT2D eigenvalue weighted by Gasteiger charge is 2.23.